The van der Waals surface area contributed by atoms with E-state index in [9.17, 15) is 0 Å². The summed E-state index contributed by atoms with van der Waals surface area (Å²) in [6.45, 7) is 4.93. The van der Waals surface area contributed by atoms with E-state index in [1.807, 2.05) is 18.2 Å². The lowest BCUT2D eigenvalue weighted by molar-refractivity contribution is 0.315. The second-order valence-electron chi connectivity index (χ2n) is 5.32. The normalized spacial score (nSPS) is 18.8. The van der Waals surface area contributed by atoms with Crippen LogP contribution in [-0.4, -0.2) is 6.61 Å². The third-order valence-corrected chi connectivity index (χ3v) is 4.09. The molecule has 0 saturated heterocycles. The monoisotopic (exact) mass is 253 g/mol. The summed E-state index contributed by atoms with van der Waals surface area (Å²) in [6, 6.07) is 14.6. The Kier molecular flexibility index (Phi) is 3.03. The molecular formula is C17H19NO. The lowest BCUT2D eigenvalue weighted by Crippen LogP contribution is -2.21. The van der Waals surface area contributed by atoms with Gasteiger partial charge in [-0.25, -0.2) is 0 Å². The van der Waals surface area contributed by atoms with Crippen LogP contribution < -0.4 is 10.5 Å². The molecule has 2 aromatic rings. The number of fused-ring (bicyclic) bond motifs is 1. The molecule has 1 heterocycles. The quantitative estimate of drug-likeness (QED) is 0.889. The average Bonchev–Trinajstić information content (AvgIpc) is 2.85. The molecule has 0 aromatic heterocycles. The lowest BCUT2D eigenvalue weighted by atomic mass is 9.88. The minimum atomic E-state index is -0.0112. The number of nitrogens with two attached hydrogens (primary N) is 1. The molecule has 98 valence electrons. The second kappa shape index (κ2) is 4.71. The van der Waals surface area contributed by atoms with Crippen LogP contribution in [0.2, 0.25) is 0 Å². The molecule has 2 unspecified atom stereocenters. The molecule has 2 nitrogen and oxygen atoms in total. The third-order valence-electron chi connectivity index (χ3n) is 4.09. The minimum Gasteiger partial charge on any atom is -0.493 e. The number of rotatable bonds is 2. The lowest BCUT2D eigenvalue weighted by Gasteiger charge is -2.19. The summed E-state index contributed by atoms with van der Waals surface area (Å²) in [5.41, 5.74) is 11.5. The summed E-state index contributed by atoms with van der Waals surface area (Å²) >= 11 is 0. The Morgan fingerprint density at radius 2 is 1.89 bits per heavy atom. The summed E-state index contributed by atoms with van der Waals surface area (Å²) < 4.78 is 5.73. The first kappa shape index (κ1) is 12.2. The second-order valence-corrected chi connectivity index (χ2v) is 5.32. The van der Waals surface area contributed by atoms with Gasteiger partial charge in [-0.2, -0.15) is 0 Å². The van der Waals surface area contributed by atoms with Crippen LogP contribution in [0.5, 0.6) is 5.75 Å². The maximum absolute atomic E-state index is 6.45. The van der Waals surface area contributed by atoms with Crippen LogP contribution in [0.4, 0.5) is 0 Å². The van der Waals surface area contributed by atoms with Gasteiger partial charge in [-0.1, -0.05) is 36.4 Å². The van der Waals surface area contributed by atoms with Gasteiger partial charge >= 0.3 is 0 Å². The Labute approximate surface area is 114 Å². The van der Waals surface area contributed by atoms with Crippen LogP contribution in [0.15, 0.2) is 42.5 Å². The van der Waals surface area contributed by atoms with E-state index in [4.69, 9.17) is 10.5 Å². The molecular weight excluding hydrogens is 234 g/mol. The third kappa shape index (κ3) is 2.13. The van der Waals surface area contributed by atoms with Gasteiger partial charge in [-0.05, 0) is 36.6 Å². The molecule has 0 amide bonds. The van der Waals surface area contributed by atoms with Crippen LogP contribution in [0, 0.1) is 13.8 Å². The van der Waals surface area contributed by atoms with Crippen molar-refractivity contribution in [2.24, 2.45) is 5.73 Å². The standard InChI is InChI=1S/C17H19NO/c1-11-7-8-13(9-12(11)2)17(18)15-10-19-16-6-4-3-5-14(15)16/h3-9,15,17H,10,18H2,1-2H3. The molecule has 0 spiro atoms. The van der Waals surface area contributed by atoms with Crippen molar-refractivity contribution in [1.29, 1.82) is 0 Å². The summed E-state index contributed by atoms with van der Waals surface area (Å²) in [7, 11) is 0. The summed E-state index contributed by atoms with van der Waals surface area (Å²) in [5.74, 6) is 1.23. The van der Waals surface area contributed by atoms with Crippen molar-refractivity contribution in [3.8, 4) is 5.75 Å². The molecule has 2 aromatic carbocycles. The molecule has 19 heavy (non-hydrogen) atoms. The number of benzene rings is 2. The highest BCUT2D eigenvalue weighted by Gasteiger charge is 2.29. The maximum atomic E-state index is 6.45. The molecule has 0 fully saturated rings. The van der Waals surface area contributed by atoms with Crippen LogP contribution in [-0.2, 0) is 0 Å². The fourth-order valence-electron chi connectivity index (χ4n) is 2.69. The number of hydrogen-bond donors (Lipinski definition) is 1. The van der Waals surface area contributed by atoms with E-state index >= 15 is 0 Å². The minimum absolute atomic E-state index is 0.0112. The van der Waals surface area contributed by atoms with Gasteiger partial charge in [0.05, 0.1) is 6.61 Å². The van der Waals surface area contributed by atoms with Crippen LogP contribution >= 0.6 is 0 Å². The predicted molar refractivity (Wildman–Crippen MR) is 77.5 cm³/mol. The Morgan fingerprint density at radius 1 is 1.11 bits per heavy atom. The predicted octanol–water partition coefficient (Wildman–Crippen LogP) is 3.48. The fraction of sp³-hybridized carbons (Fsp3) is 0.294. The number of aryl methyl sites for hydroxylation is 2. The summed E-state index contributed by atoms with van der Waals surface area (Å²) in [5, 5.41) is 0. The van der Waals surface area contributed by atoms with Crippen molar-refractivity contribution in [2.45, 2.75) is 25.8 Å². The highest BCUT2D eigenvalue weighted by molar-refractivity contribution is 5.43. The van der Waals surface area contributed by atoms with E-state index in [1.54, 1.807) is 0 Å². The van der Waals surface area contributed by atoms with E-state index < -0.39 is 0 Å². The van der Waals surface area contributed by atoms with E-state index in [-0.39, 0.29) is 12.0 Å². The smallest absolute Gasteiger partial charge is 0.122 e. The molecule has 0 aliphatic carbocycles. The summed E-state index contributed by atoms with van der Waals surface area (Å²) in [4.78, 5) is 0. The Balaban J connectivity index is 1.93. The highest BCUT2D eigenvalue weighted by Crippen LogP contribution is 2.40. The zero-order valence-electron chi connectivity index (χ0n) is 11.4. The van der Waals surface area contributed by atoms with Gasteiger partial charge in [0.2, 0.25) is 0 Å². The first-order valence-electron chi connectivity index (χ1n) is 6.71. The number of para-hydroxylation sites is 1. The van der Waals surface area contributed by atoms with Gasteiger partial charge in [-0.3, -0.25) is 0 Å². The van der Waals surface area contributed by atoms with E-state index in [1.165, 1.54) is 22.3 Å². The fourth-order valence-corrected chi connectivity index (χ4v) is 2.69. The highest BCUT2D eigenvalue weighted by atomic mass is 16.5. The van der Waals surface area contributed by atoms with Gasteiger partial charge in [0.15, 0.2) is 0 Å². The molecule has 0 radical (unpaired) electrons. The molecule has 2 atom stereocenters. The van der Waals surface area contributed by atoms with Gasteiger partial charge in [0, 0.05) is 17.5 Å². The van der Waals surface area contributed by atoms with Crippen LogP contribution in [0.3, 0.4) is 0 Å². The molecule has 2 N–H and O–H groups in total. The molecule has 0 saturated carbocycles. The Hall–Kier alpha value is -1.80. The molecule has 3 rings (SSSR count). The van der Waals surface area contributed by atoms with Crippen LogP contribution in [0.25, 0.3) is 0 Å². The first-order valence-corrected chi connectivity index (χ1v) is 6.71. The largest absolute Gasteiger partial charge is 0.493 e. The molecule has 0 bridgehead atoms. The van der Waals surface area contributed by atoms with Crippen molar-refractivity contribution in [3.63, 3.8) is 0 Å². The topological polar surface area (TPSA) is 35.2 Å². The molecule has 1 aliphatic rings. The number of hydrogen-bond acceptors (Lipinski definition) is 2. The van der Waals surface area contributed by atoms with E-state index in [0.717, 1.165) is 5.75 Å². The first-order chi connectivity index (χ1) is 9.16. The zero-order chi connectivity index (χ0) is 13.4. The summed E-state index contributed by atoms with van der Waals surface area (Å²) in [6.07, 6.45) is 0. The van der Waals surface area contributed by atoms with Gasteiger partial charge in [0.25, 0.3) is 0 Å². The number of ether oxygens (including phenoxy) is 1. The van der Waals surface area contributed by atoms with E-state index in [0.29, 0.717) is 6.61 Å². The van der Waals surface area contributed by atoms with Crippen molar-refractivity contribution >= 4 is 0 Å². The Morgan fingerprint density at radius 3 is 2.68 bits per heavy atom. The van der Waals surface area contributed by atoms with Gasteiger partial charge in [0.1, 0.15) is 5.75 Å². The van der Waals surface area contributed by atoms with Crippen molar-refractivity contribution < 1.29 is 4.74 Å². The maximum Gasteiger partial charge on any atom is 0.122 e. The van der Waals surface area contributed by atoms with Crippen molar-refractivity contribution in [1.82, 2.24) is 0 Å². The average molecular weight is 253 g/mol. The van der Waals surface area contributed by atoms with E-state index in [2.05, 4.69) is 38.1 Å². The Bertz CT molecular complexity index is 606. The van der Waals surface area contributed by atoms with Crippen LogP contribution in [0.1, 0.15) is 34.2 Å². The van der Waals surface area contributed by atoms with Crippen molar-refractivity contribution in [2.75, 3.05) is 6.61 Å². The van der Waals surface area contributed by atoms with Gasteiger partial charge < -0.3 is 10.5 Å². The molecule has 2 heteroatoms. The van der Waals surface area contributed by atoms with Gasteiger partial charge in [-0.15, -0.1) is 0 Å². The van der Waals surface area contributed by atoms with Crippen molar-refractivity contribution in [3.05, 3.63) is 64.7 Å². The molecule has 1 aliphatic heterocycles. The SMILES string of the molecule is Cc1ccc(C(N)C2COc3ccccc32)cc1C. The zero-order valence-corrected chi connectivity index (χ0v) is 11.4.